The summed E-state index contributed by atoms with van der Waals surface area (Å²) in [7, 11) is 0. The highest BCUT2D eigenvalue weighted by atomic mass is 16.4. The van der Waals surface area contributed by atoms with Gasteiger partial charge >= 0.3 is 5.97 Å². The molecule has 106 valence electrons. The van der Waals surface area contributed by atoms with Crippen LogP contribution in [0.25, 0.3) is 0 Å². The summed E-state index contributed by atoms with van der Waals surface area (Å²) in [5.41, 5.74) is 1.82. The lowest BCUT2D eigenvalue weighted by molar-refractivity contribution is -0.147. The van der Waals surface area contributed by atoms with E-state index in [0.717, 1.165) is 11.3 Å². The predicted octanol–water partition coefficient (Wildman–Crippen LogP) is 1.67. The summed E-state index contributed by atoms with van der Waals surface area (Å²) in [5.74, 6) is -2.24. The van der Waals surface area contributed by atoms with Crippen LogP contribution in [-0.2, 0) is 16.1 Å². The average molecular weight is 274 g/mol. The Kier molecular flexibility index (Phi) is 4.50. The minimum absolute atomic E-state index is 0.206. The predicted molar refractivity (Wildman–Crippen MR) is 73.8 cm³/mol. The molecule has 1 aliphatic carbocycles. The van der Waals surface area contributed by atoms with Crippen LogP contribution < -0.4 is 5.32 Å². The first kappa shape index (κ1) is 14.2. The molecule has 0 unspecified atom stereocenters. The van der Waals surface area contributed by atoms with Crippen molar-refractivity contribution in [2.45, 2.75) is 26.3 Å². The Balaban J connectivity index is 1.95. The van der Waals surface area contributed by atoms with Crippen LogP contribution in [-0.4, -0.2) is 22.0 Å². The van der Waals surface area contributed by atoms with Crippen LogP contribution in [0.1, 0.15) is 24.1 Å². The van der Waals surface area contributed by atoms with E-state index in [9.17, 15) is 9.59 Å². The summed E-state index contributed by atoms with van der Waals surface area (Å²) >= 11 is 0. The van der Waals surface area contributed by atoms with Gasteiger partial charge < -0.3 is 10.4 Å². The van der Waals surface area contributed by atoms with E-state index in [2.05, 4.69) is 10.3 Å². The molecule has 1 amide bonds. The van der Waals surface area contributed by atoms with E-state index >= 15 is 0 Å². The first-order valence-electron chi connectivity index (χ1n) is 6.65. The van der Waals surface area contributed by atoms with Crippen LogP contribution in [0.2, 0.25) is 0 Å². The second-order valence-electron chi connectivity index (χ2n) is 5.02. The lowest BCUT2D eigenvalue weighted by Gasteiger charge is -2.24. The molecular weight excluding hydrogens is 256 g/mol. The summed E-state index contributed by atoms with van der Waals surface area (Å²) in [6.07, 6.45) is 6.31. The molecule has 0 bridgehead atoms. The van der Waals surface area contributed by atoms with Gasteiger partial charge in [-0.2, -0.15) is 0 Å². The normalized spacial score (nSPS) is 21.4. The number of nitrogens with zero attached hydrogens (tertiary/aromatic N) is 1. The summed E-state index contributed by atoms with van der Waals surface area (Å²) in [6.45, 7) is 2.27. The maximum atomic E-state index is 12.1. The van der Waals surface area contributed by atoms with Crippen LogP contribution in [0.15, 0.2) is 30.5 Å². The first-order valence-corrected chi connectivity index (χ1v) is 6.65. The molecule has 2 N–H and O–H groups in total. The molecule has 0 saturated heterocycles. The Bertz CT molecular complexity index is 522. The number of hydrogen-bond donors (Lipinski definition) is 2. The number of allylic oxidation sites excluding steroid dienone is 2. The average Bonchev–Trinajstić information content (AvgIpc) is 2.46. The molecule has 1 aliphatic rings. The molecule has 0 spiro atoms. The monoisotopic (exact) mass is 274 g/mol. The Morgan fingerprint density at radius 3 is 2.60 bits per heavy atom. The minimum Gasteiger partial charge on any atom is -0.481 e. The maximum absolute atomic E-state index is 12.1. The molecule has 0 radical (unpaired) electrons. The smallest absolute Gasteiger partial charge is 0.307 e. The number of hydrogen-bond acceptors (Lipinski definition) is 3. The van der Waals surface area contributed by atoms with Crippen LogP contribution in [0.5, 0.6) is 0 Å². The third-order valence-electron chi connectivity index (χ3n) is 3.53. The minimum atomic E-state index is -0.911. The van der Waals surface area contributed by atoms with Crippen molar-refractivity contribution in [3.63, 3.8) is 0 Å². The molecule has 0 saturated carbocycles. The molecular formula is C15H18N2O3. The van der Waals surface area contributed by atoms with Gasteiger partial charge in [-0.3, -0.25) is 14.6 Å². The van der Waals surface area contributed by atoms with Gasteiger partial charge in [0, 0.05) is 18.4 Å². The largest absolute Gasteiger partial charge is 0.481 e. The number of carboxylic acids is 1. The van der Waals surface area contributed by atoms with Gasteiger partial charge in [-0.1, -0.05) is 18.2 Å². The van der Waals surface area contributed by atoms with Gasteiger partial charge in [-0.15, -0.1) is 0 Å². The summed E-state index contributed by atoms with van der Waals surface area (Å²) in [5, 5.41) is 11.9. The molecule has 2 atom stereocenters. The fraction of sp³-hybridized carbons (Fsp3) is 0.400. The Morgan fingerprint density at radius 2 is 2.00 bits per heavy atom. The Morgan fingerprint density at radius 1 is 1.30 bits per heavy atom. The Hall–Kier alpha value is -2.17. The summed E-state index contributed by atoms with van der Waals surface area (Å²) < 4.78 is 0. The van der Waals surface area contributed by atoms with Gasteiger partial charge in [0.2, 0.25) is 5.91 Å². The lowest BCUT2D eigenvalue weighted by atomic mass is 9.82. The van der Waals surface area contributed by atoms with E-state index in [-0.39, 0.29) is 5.91 Å². The van der Waals surface area contributed by atoms with Crippen molar-refractivity contribution in [3.8, 4) is 0 Å². The van der Waals surface area contributed by atoms with Gasteiger partial charge in [0.1, 0.15) is 0 Å². The molecule has 1 heterocycles. The number of carbonyl (C=O) groups excluding carboxylic acids is 1. The lowest BCUT2D eigenvalue weighted by Crippen LogP contribution is -2.38. The first-order chi connectivity index (χ1) is 9.58. The molecule has 5 heteroatoms. The van der Waals surface area contributed by atoms with Gasteiger partial charge in [-0.25, -0.2) is 0 Å². The van der Waals surface area contributed by atoms with E-state index in [4.69, 9.17) is 5.11 Å². The van der Waals surface area contributed by atoms with Crippen molar-refractivity contribution in [1.29, 1.82) is 0 Å². The number of amides is 1. The SMILES string of the molecule is Cc1ccc(CNC(=O)[C@@H]2CC=CC[C@@H]2C(=O)O)cn1. The zero-order valence-electron chi connectivity index (χ0n) is 11.4. The van der Waals surface area contributed by atoms with E-state index in [0.29, 0.717) is 19.4 Å². The summed E-state index contributed by atoms with van der Waals surface area (Å²) in [4.78, 5) is 27.4. The molecule has 0 aromatic carbocycles. The van der Waals surface area contributed by atoms with Crippen LogP contribution in [0, 0.1) is 18.8 Å². The fourth-order valence-electron chi connectivity index (χ4n) is 2.30. The zero-order chi connectivity index (χ0) is 14.5. The number of aliphatic carboxylic acids is 1. The quantitative estimate of drug-likeness (QED) is 0.819. The highest BCUT2D eigenvalue weighted by Crippen LogP contribution is 2.26. The molecule has 0 fully saturated rings. The maximum Gasteiger partial charge on any atom is 0.307 e. The Labute approximate surface area is 117 Å². The van der Waals surface area contributed by atoms with Gasteiger partial charge in [0.15, 0.2) is 0 Å². The van der Waals surface area contributed by atoms with Gasteiger partial charge in [0.25, 0.3) is 0 Å². The van der Waals surface area contributed by atoms with Crippen molar-refractivity contribution in [2.75, 3.05) is 0 Å². The van der Waals surface area contributed by atoms with E-state index in [1.165, 1.54) is 0 Å². The molecule has 20 heavy (non-hydrogen) atoms. The zero-order valence-corrected chi connectivity index (χ0v) is 11.4. The standard InChI is InChI=1S/C15H18N2O3/c1-10-6-7-11(8-16-10)9-17-14(18)12-4-2-3-5-13(12)15(19)20/h2-3,6-8,12-13H,4-5,9H2,1H3,(H,17,18)(H,19,20)/t12-,13+/m1/s1. The van der Waals surface area contributed by atoms with Crippen LogP contribution >= 0.6 is 0 Å². The van der Waals surface area contributed by atoms with Crippen molar-refractivity contribution < 1.29 is 14.7 Å². The van der Waals surface area contributed by atoms with Gasteiger partial charge in [-0.05, 0) is 31.4 Å². The highest BCUT2D eigenvalue weighted by Gasteiger charge is 2.33. The van der Waals surface area contributed by atoms with E-state index in [1.54, 1.807) is 6.20 Å². The van der Waals surface area contributed by atoms with Crippen molar-refractivity contribution >= 4 is 11.9 Å². The number of aryl methyl sites for hydroxylation is 1. The number of nitrogens with one attached hydrogen (secondary N) is 1. The second kappa shape index (κ2) is 6.32. The van der Waals surface area contributed by atoms with Crippen LogP contribution in [0.4, 0.5) is 0 Å². The van der Waals surface area contributed by atoms with Crippen molar-refractivity contribution in [1.82, 2.24) is 10.3 Å². The molecule has 1 aromatic rings. The number of pyridine rings is 1. The third kappa shape index (κ3) is 3.44. The number of rotatable bonds is 4. The van der Waals surface area contributed by atoms with Crippen LogP contribution in [0.3, 0.4) is 0 Å². The van der Waals surface area contributed by atoms with Crippen molar-refractivity contribution in [3.05, 3.63) is 41.7 Å². The highest BCUT2D eigenvalue weighted by molar-refractivity contribution is 5.85. The van der Waals surface area contributed by atoms with E-state index in [1.807, 2.05) is 31.2 Å². The van der Waals surface area contributed by atoms with Gasteiger partial charge in [0.05, 0.1) is 11.8 Å². The second-order valence-corrected chi connectivity index (χ2v) is 5.02. The van der Waals surface area contributed by atoms with Crippen molar-refractivity contribution in [2.24, 2.45) is 11.8 Å². The number of aromatic nitrogens is 1. The topological polar surface area (TPSA) is 79.3 Å². The number of carboxylic acid groups (broad SMARTS) is 1. The fourth-order valence-corrected chi connectivity index (χ4v) is 2.30. The molecule has 1 aromatic heterocycles. The molecule has 5 nitrogen and oxygen atoms in total. The molecule has 0 aliphatic heterocycles. The number of carbonyl (C=O) groups is 2. The summed E-state index contributed by atoms with van der Waals surface area (Å²) in [6, 6.07) is 3.78. The van der Waals surface area contributed by atoms with E-state index < -0.39 is 17.8 Å². The third-order valence-corrected chi connectivity index (χ3v) is 3.53. The molecule has 2 rings (SSSR count).